The molecule has 2 aliphatic rings. The summed E-state index contributed by atoms with van der Waals surface area (Å²) in [4.78, 5) is 2.23. The Balaban J connectivity index is 0.00000110. The molecule has 120 valence electrons. The molecule has 0 spiro atoms. The molecule has 1 aliphatic heterocycles. The van der Waals surface area contributed by atoms with Crippen molar-refractivity contribution < 1.29 is 8.78 Å². The molecule has 2 nitrogen and oxygen atoms in total. The van der Waals surface area contributed by atoms with Crippen LogP contribution in [-0.4, -0.2) is 31.1 Å². The van der Waals surface area contributed by atoms with Gasteiger partial charge in [-0.15, -0.1) is 24.8 Å². The van der Waals surface area contributed by atoms with Crippen molar-refractivity contribution in [3.05, 3.63) is 35.4 Å². The smallest absolute Gasteiger partial charge is 0.130 e. The highest BCUT2D eigenvalue weighted by atomic mass is 35.5. The lowest BCUT2D eigenvalue weighted by Gasteiger charge is -2.35. The molecule has 1 atom stereocenters. The molecule has 1 saturated carbocycles. The van der Waals surface area contributed by atoms with E-state index in [0.717, 1.165) is 32.6 Å². The maximum absolute atomic E-state index is 14.0. The van der Waals surface area contributed by atoms with Crippen molar-refractivity contribution in [2.24, 2.45) is 5.92 Å². The van der Waals surface area contributed by atoms with Crippen LogP contribution in [0.4, 0.5) is 8.78 Å². The van der Waals surface area contributed by atoms with Crippen LogP contribution in [0.25, 0.3) is 0 Å². The molecule has 1 aromatic rings. The van der Waals surface area contributed by atoms with Crippen LogP contribution < -0.4 is 5.32 Å². The van der Waals surface area contributed by atoms with E-state index in [2.05, 4.69) is 10.2 Å². The van der Waals surface area contributed by atoms with E-state index in [-0.39, 0.29) is 36.4 Å². The van der Waals surface area contributed by atoms with Gasteiger partial charge in [0.15, 0.2) is 0 Å². The molecule has 3 rings (SSSR count). The Bertz CT molecular complexity index is 429. The Morgan fingerprint density at radius 1 is 1.10 bits per heavy atom. The number of hydrogen-bond acceptors (Lipinski definition) is 2. The molecule has 1 aromatic carbocycles. The van der Waals surface area contributed by atoms with Crippen molar-refractivity contribution in [3.8, 4) is 0 Å². The van der Waals surface area contributed by atoms with Crippen molar-refractivity contribution in [2.45, 2.75) is 25.3 Å². The zero-order valence-corrected chi connectivity index (χ0v) is 13.5. The molecule has 1 saturated heterocycles. The zero-order chi connectivity index (χ0) is 13.2. The molecule has 0 radical (unpaired) electrons. The Morgan fingerprint density at radius 2 is 1.67 bits per heavy atom. The number of rotatable bonds is 4. The number of nitrogens with zero attached hydrogens (tertiary/aromatic N) is 1. The summed E-state index contributed by atoms with van der Waals surface area (Å²) in [6.45, 7) is 3.53. The molecule has 1 N–H and O–H groups in total. The van der Waals surface area contributed by atoms with Gasteiger partial charge in [-0.2, -0.15) is 0 Å². The number of piperazine rings is 1. The van der Waals surface area contributed by atoms with Gasteiger partial charge in [-0.05, 0) is 24.5 Å². The summed E-state index contributed by atoms with van der Waals surface area (Å²) in [7, 11) is 0. The first kappa shape index (κ1) is 18.6. The van der Waals surface area contributed by atoms with Gasteiger partial charge in [-0.3, -0.25) is 4.90 Å². The summed E-state index contributed by atoms with van der Waals surface area (Å²) in [5, 5.41) is 3.29. The highest BCUT2D eigenvalue weighted by molar-refractivity contribution is 5.85. The standard InChI is InChI=1S/C15H20F2N2.2ClH/c16-12-2-1-3-13(17)15(12)14(10-11-4-5-11)19-8-6-18-7-9-19;;/h1-3,11,14,18H,4-10H2;2*1H/t14-;;/m0../s1. The molecule has 1 heterocycles. The molecule has 0 unspecified atom stereocenters. The molecule has 21 heavy (non-hydrogen) atoms. The minimum absolute atomic E-state index is 0. The Labute approximate surface area is 137 Å². The average molecular weight is 339 g/mol. The third-order valence-corrected chi connectivity index (χ3v) is 4.18. The molecular formula is C15H22Cl2F2N2. The van der Waals surface area contributed by atoms with Gasteiger partial charge in [0.05, 0.1) is 0 Å². The SMILES string of the molecule is Cl.Cl.Fc1cccc(F)c1[C@H](CC1CC1)N1CCNCC1. The van der Waals surface area contributed by atoms with E-state index in [1.54, 1.807) is 0 Å². The third-order valence-electron chi connectivity index (χ3n) is 4.18. The van der Waals surface area contributed by atoms with E-state index in [9.17, 15) is 8.78 Å². The van der Waals surface area contributed by atoms with Crippen molar-refractivity contribution >= 4 is 24.8 Å². The molecule has 1 aliphatic carbocycles. The number of benzene rings is 1. The summed E-state index contributed by atoms with van der Waals surface area (Å²) in [5.74, 6) is -0.146. The Hall–Kier alpha value is -0.420. The van der Waals surface area contributed by atoms with E-state index >= 15 is 0 Å². The minimum atomic E-state index is -0.399. The lowest BCUT2D eigenvalue weighted by atomic mass is 9.97. The monoisotopic (exact) mass is 338 g/mol. The van der Waals surface area contributed by atoms with E-state index in [1.165, 1.54) is 31.0 Å². The second kappa shape index (κ2) is 8.28. The van der Waals surface area contributed by atoms with Gasteiger partial charge in [-0.1, -0.05) is 18.9 Å². The Morgan fingerprint density at radius 3 is 2.19 bits per heavy atom. The van der Waals surface area contributed by atoms with Crippen LogP contribution in [0.5, 0.6) is 0 Å². The van der Waals surface area contributed by atoms with Crippen LogP contribution in [-0.2, 0) is 0 Å². The van der Waals surface area contributed by atoms with Gasteiger partial charge in [0.2, 0.25) is 0 Å². The van der Waals surface area contributed by atoms with Crippen LogP contribution in [0.3, 0.4) is 0 Å². The van der Waals surface area contributed by atoms with Crippen molar-refractivity contribution in [3.63, 3.8) is 0 Å². The largest absolute Gasteiger partial charge is 0.314 e. The second-order valence-electron chi connectivity index (χ2n) is 5.62. The van der Waals surface area contributed by atoms with Crippen LogP contribution >= 0.6 is 24.8 Å². The fraction of sp³-hybridized carbons (Fsp3) is 0.600. The molecule has 6 heteroatoms. The van der Waals surface area contributed by atoms with Gasteiger partial charge < -0.3 is 5.32 Å². The molecule has 2 fully saturated rings. The maximum atomic E-state index is 14.0. The highest BCUT2D eigenvalue weighted by Gasteiger charge is 2.33. The van der Waals surface area contributed by atoms with Crippen LogP contribution in [0.15, 0.2) is 18.2 Å². The summed E-state index contributed by atoms with van der Waals surface area (Å²) in [6.07, 6.45) is 3.30. The summed E-state index contributed by atoms with van der Waals surface area (Å²) in [6, 6.07) is 4.09. The Kier molecular flexibility index (Phi) is 7.34. The van der Waals surface area contributed by atoms with Crippen molar-refractivity contribution in [2.75, 3.05) is 26.2 Å². The lowest BCUT2D eigenvalue weighted by Crippen LogP contribution is -2.45. The average Bonchev–Trinajstić information content (AvgIpc) is 3.22. The van der Waals surface area contributed by atoms with Crippen molar-refractivity contribution in [1.82, 2.24) is 10.2 Å². The van der Waals surface area contributed by atoms with Crippen molar-refractivity contribution in [1.29, 1.82) is 0 Å². The van der Waals surface area contributed by atoms with Gasteiger partial charge in [0, 0.05) is 37.8 Å². The molecular weight excluding hydrogens is 317 g/mol. The fourth-order valence-electron chi connectivity index (χ4n) is 2.94. The number of nitrogens with one attached hydrogen (secondary N) is 1. The fourth-order valence-corrected chi connectivity index (χ4v) is 2.94. The second-order valence-corrected chi connectivity index (χ2v) is 5.62. The molecule has 0 amide bonds. The first-order chi connectivity index (χ1) is 9.25. The highest BCUT2D eigenvalue weighted by Crippen LogP contribution is 2.41. The first-order valence-electron chi connectivity index (χ1n) is 7.14. The first-order valence-corrected chi connectivity index (χ1v) is 7.14. The van der Waals surface area contributed by atoms with E-state index in [4.69, 9.17) is 0 Å². The summed E-state index contributed by atoms with van der Waals surface area (Å²) < 4.78 is 28.1. The molecule has 0 aromatic heterocycles. The van der Waals surface area contributed by atoms with Gasteiger partial charge in [0.25, 0.3) is 0 Å². The number of halogens is 4. The van der Waals surface area contributed by atoms with Crippen LogP contribution in [0.2, 0.25) is 0 Å². The van der Waals surface area contributed by atoms with E-state index in [1.807, 2.05) is 0 Å². The van der Waals surface area contributed by atoms with Crippen LogP contribution in [0, 0.1) is 17.6 Å². The van der Waals surface area contributed by atoms with Gasteiger partial charge >= 0.3 is 0 Å². The van der Waals surface area contributed by atoms with E-state index < -0.39 is 11.6 Å². The van der Waals surface area contributed by atoms with Gasteiger partial charge in [0.1, 0.15) is 11.6 Å². The van der Waals surface area contributed by atoms with Gasteiger partial charge in [-0.25, -0.2) is 8.78 Å². The summed E-state index contributed by atoms with van der Waals surface area (Å²) in [5.41, 5.74) is 0.274. The number of hydrogen-bond donors (Lipinski definition) is 1. The predicted octanol–water partition coefficient (Wildman–Crippen LogP) is 3.55. The lowest BCUT2D eigenvalue weighted by molar-refractivity contribution is 0.154. The normalized spacial score (nSPS) is 20.3. The minimum Gasteiger partial charge on any atom is -0.314 e. The van der Waals surface area contributed by atoms with Crippen LogP contribution in [0.1, 0.15) is 30.9 Å². The summed E-state index contributed by atoms with van der Waals surface area (Å²) >= 11 is 0. The van der Waals surface area contributed by atoms with E-state index in [0.29, 0.717) is 5.92 Å². The molecule has 0 bridgehead atoms. The third kappa shape index (κ3) is 4.52. The zero-order valence-electron chi connectivity index (χ0n) is 11.9. The quantitative estimate of drug-likeness (QED) is 0.902. The maximum Gasteiger partial charge on any atom is 0.130 e. The predicted molar refractivity (Wildman–Crippen MR) is 85.4 cm³/mol. The topological polar surface area (TPSA) is 15.3 Å².